The summed E-state index contributed by atoms with van der Waals surface area (Å²) in [6.45, 7) is 9.06. The van der Waals surface area contributed by atoms with Gasteiger partial charge in [-0.3, -0.25) is 14.8 Å². The Hall–Kier alpha value is -3.31. The van der Waals surface area contributed by atoms with Crippen molar-refractivity contribution in [2.24, 2.45) is 4.99 Å². The molecule has 2 saturated carbocycles. The van der Waals surface area contributed by atoms with Crippen molar-refractivity contribution in [2.45, 2.75) is 56.8 Å². The molecule has 5 nitrogen and oxygen atoms in total. The highest BCUT2D eigenvalue weighted by atomic mass is 16.5. The van der Waals surface area contributed by atoms with E-state index in [0.29, 0.717) is 38.6 Å². The normalized spacial score (nSPS) is 20.8. The number of morpholine rings is 1. The monoisotopic (exact) mass is 493 g/mol. The first-order valence-electron chi connectivity index (χ1n) is 13.7. The number of aliphatic imine (C=N–C) groups is 1. The lowest BCUT2D eigenvalue weighted by molar-refractivity contribution is 0.0303. The Balaban J connectivity index is 1.28. The number of rotatable bonds is 7. The average Bonchev–Trinajstić information content (AvgIpc) is 3.84. The van der Waals surface area contributed by atoms with E-state index in [2.05, 4.69) is 54.9 Å². The smallest absolute Gasteiger partial charge is 0.254 e. The second-order valence-corrected chi connectivity index (χ2v) is 10.9. The average molecular weight is 494 g/mol. The molecule has 2 aliphatic heterocycles. The topological polar surface area (TPSA) is 54.8 Å². The van der Waals surface area contributed by atoms with Gasteiger partial charge < -0.3 is 9.64 Å². The number of nitrogens with zero attached hydrogens (tertiary/aromatic N) is 3. The number of carbonyl (C=O) groups is 1. The van der Waals surface area contributed by atoms with Gasteiger partial charge in [0.15, 0.2) is 0 Å². The standard InChI is InChI=1S/C32H35N3O2/c1-3-32(9-10-32)29-7-6-25(31(36)35-12-14-37-15-13-35)18-26(29)19-28-17-22(2)16-27(21-34-28)30-20-24(8-11-33-30)23-4-5-23/h6-8,11,16-18,20-21,23H,2-5,9-10,12-15,19H2,1H3. The molecule has 3 fully saturated rings. The first kappa shape index (κ1) is 24.1. The quantitative estimate of drug-likeness (QED) is 0.474. The third-order valence-electron chi connectivity index (χ3n) is 8.31. The van der Waals surface area contributed by atoms with Gasteiger partial charge in [-0.1, -0.05) is 19.6 Å². The number of aromatic nitrogens is 1. The maximum absolute atomic E-state index is 13.3. The van der Waals surface area contributed by atoms with Gasteiger partial charge >= 0.3 is 0 Å². The van der Waals surface area contributed by atoms with Crippen molar-refractivity contribution in [3.63, 3.8) is 0 Å². The van der Waals surface area contributed by atoms with Crippen molar-refractivity contribution >= 4 is 17.7 Å². The minimum atomic E-state index is 0.0887. The van der Waals surface area contributed by atoms with Gasteiger partial charge in [0, 0.05) is 48.8 Å². The molecule has 2 aliphatic carbocycles. The van der Waals surface area contributed by atoms with Gasteiger partial charge in [0.25, 0.3) is 5.91 Å². The first-order chi connectivity index (χ1) is 18.0. The highest BCUT2D eigenvalue weighted by Gasteiger charge is 2.43. The van der Waals surface area contributed by atoms with Gasteiger partial charge in [0.2, 0.25) is 0 Å². The summed E-state index contributed by atoms with van der Waals surface area (Å²) in [5, 5.41) is 0. The van der Waals surface area contributed by atoms with E-state index in [1.54, 1.807) is 0 Å². The van der Waals surface area contributed by atoms with E-state index in [-0.39, 0.29) is 11.3 Å². The third kappa shape index (κ3) is 5.10. The van der Waals surface area contributed by atoms with E-state index in [1.807, 2.05) is 23.4 Å². The second-order valence-electron chi connectivity index (χ2n) is 10.9. The number of carbonyl (C=O) groups excluding carboxylic acids is 1. The van der Waals surface area contributed by atoms with Crippen LogP contribution in [-0.4, -0.2) is 48.3 Å². The highest BCUT2D eigenvalue weighted by molar-refractivity contribution is 6.10. The molecule has 0 atom stereocenters. The maximum Gasteiger partial charge on any atom is 0.254 e. The van der Waals surface area contributed by atoms with Crippen molar-refractivity contribution in [3.05, 3.63) is 94.5 Å². The Morgan fingerprint density at radius 3 is 2.68 bits per heavy atom. The van der Waals surface area contributed by atoms with Crippen LogP contribution in [0.1, 0.15) is 77.7 Å². The molecule has 1 aromatic heterocycles. The fourth-order valence-electron chi connectivity index (χ4n) is 5.69. The van der Waals surface area contributed by atoms with E-state index >= 15 is 0 Å². The van der Waals surface area contributed by atoms with Crippen molar-refractivity contribution in [1.29, 1.82) is 0 Å². The number of amides is 1. The van der Waals surface area contributed by atoms with Crippen LogP contribution in [0.15, 0.2) is 71.5 Å². The fourth-order valence-corrected chi connectivity index (χ4v) is 5.69. The highest BCUT2D eigenvalue weighted by Crippen LogP contribution is 2.52. The van der Waals surface area contributed by atoms with Gasteiger partial charge in [-0.2, -0.15) is 0 Å². The molecule has 190 valence electrons. The fraction of sp³-hybridized carbons (Fsp3) is 0.406. The molecule has 0 bridgehead atoms. The molecule has 0 unspecified atom stereocenters. The molecule has 2 aromatic rings. The number of benzene rings is 1. The Morgan fingerprint density at radius 1 is 1.14 bits per heavy atom. The number of hydrogen-bond acceptors (Lipinski definition) is 4. The van der Waals surface area contributed by atoms with Crippen LogP contribution in [0, 0.1) is 0 Å². The SMILES string of the molecule is C=C1C=C(Cc2cc(C(=O)N3CCOCC3)ccc2C2(CC)CC2)N=CC(c2cc(C3CC3)ccn2)=C1. The molecule has 0 radical (unpaired) electrons. The molecular weight excluding hydrogens is 458 g/mol. The van der Waals surface area contributed by atoms with E-state index in [1.165, 1.54) is 42.4 Å². The first-order valence-corrected chi connectivity index (χ1v) is 13.7. The van der Waals surface area contributed by atoms with Crippen LogP contribution >= 0.6 is 0 Å². The summed E-state index contributed by atoms with van der Waals surface area (Å²) in [4.78, 5) is 24.7. The molecule has 0 N–H and O–H groups in total. The summed E-state index contributed by atoms with van der Waals surface area (Å²) in [6, 6.07) is 10.7. The summed E-state index contributed by atoms with van der Waals surface area (Å²) in [5.41, 5.74) is 8.73. The van der Waals surface area contributed by atoms with Gasteiger partial charge in [-0.25, -0.2) is 0 Å². The number of allylic oxidation sites excluding steroid dienone is 5. The zero-order valence-electron chi connectivity index (χ0n) is 21.7. The largest absolute Gasteiger partial charge is 0.378 e. The van der Waals surface area contributed by atoms with Crippen molar-refractivity contribution < 1.29 is 9.53 Å². The van der Waals surface area contributed by atoms with Gasteiger partial charge in [-0.05, 0) is 102 Å². The molecule has 5 heteroatoms. The molecule has 6 rings (SSSR count). The van der Waals surface area contributed by atoms with Crippen LogP contribution in [0.5, 0.6) is 0 Å². The van der Waals surface area contributed by atoms with Crippen molar-refractivity contribution in [2.75, 3.05) is 26.3 Å². The van der Waals surface area contributed by atoms with Crippen molar-refractivity contribution in [3.8, 4) is 0 Å². The van der Waals surface area contributed by atoms with Crippen molar-refractivity contribution in [1.82, 2.24) is 9.88 Å². The number of pyridine rings is 1. The Labute approximate surface area is 219 Å². The van der Waals surface area contributed by atoms with Crippen LogP contribution in [0.2, 0.25) is 0 Å². The maximum atomic E-state index is 13.3. The van der Waals surface area contributed by atoms with E-state index in [9.17, 15) is 4.79 Å². The van der Waals surface area contributed by atoms with Crippen LogP contribution in [0.4, 0.5) is 0 Å². The molecule has 4 aliphatic rings. The van der Waals surface area contributed by atoms with Crippen LogP contribution in [0.25, 0.3) is 5.57 Å². The van der Waals surface area contributed by atoms with Crippen LogP contribution in [0.3, 0.4) is 0 Å². The van der Waals surface area contributed by atoms with E-state index in [0.717, 1.165) is 34.5 Å². The Bertz CT molecular complexity index is 1320. The zero-order valence-corrected chi connectivity index (χ0v) is 21.7. The predicted molar refractivity (Wildman–Crippen MR) is 148 cm³/mol. The van der Waals surface area contributed by atoms with Crippen LogP contribution in [-0.2, 0) is 16.6 Å². The third-order valence-corrected chi connectivity index (χ3v) is 8.31. The molecule has 3 heterocycles. The molecule has 1 amide bonds. The summed E-state index contributed by atoms with van der Waals surface area (Å²) in [7, 11) is 0. The summed E-state index contributed by atoms with van der Waals surface area (Å²) < 4.78 is 5.45. The number of hydrogen-bond donors (Lipinski definition) is 0. The lowest BCUT2D eigenvalue weighted by Gasteiger charge is -2.27. The minimum Gasteiger partial charge on any atom is -0.378 e. The lowest BCUT2D eigenvalue weighted by Crippen LogP contribution is -2.40. The molecule has 1 saturated heterocycles. The Kier molecular flexibility index (Phi) is 6.41. The zero-order chi connectivity index (χ0) is 25.4. The van der Waals surface area contributed by atoms with Gasteiger partial charge in [-0.15, -0.1) is 0 Å². The Morgan fingerprint density at radius 2 is 1.95 bits per heavy atom. The molecular formula is C32H35N3O2. The molecule has 37 heavy (non-hydrogen) atoms. The summed E-state index contributed by atoms with van der Waals surface area (Å²) >= 11 is 0. The van der Waals surface area contributed by atoms with Crippen LogP contribution < -0.4 is 0 Å². The summed E-state index contributed by atoms with van der Waals surface area (Å²) in [5.74, 6) is 0.770. The minimum absolute atomic E-state index is 0.0887. The predicted octanol–water partition coefficient (Wildman–Crippen LogP) is 6.02. The van der Waals surface area contributed by atoms with E-state index in [4.69, 9.17) is 9.73 Å². The second kappa shape index (κ2) is 9.86. The number of ether oxygens (including phenoxy) is 1. The molecule has 0 spiro atoms. The molecule has 1 aromatic carbocycles. The summed E-state index contributed by atoms with van der Waals surface area (Å²) in [6.07, 6.45) is 14.7. The lowest BCUT2D eigenvalue weighted by atomic mass is 9.86. The van der Waals surface area contributed by atoms with Gasteiger partial charge in [0.05, 0.1) is 18.9 Å². The van der Waals surface area contributed by atoms with E-state index < -0.39 is 0 Å². The van der Waals surface area contributed by atoms with Gasteiger partial charge in [0.1, 0.15) is 0 Å².